The van der Waals surface area contributed by atoms with Gasteiger partial charge in [-0.3, -0.25) is 4.79 Å². The number of carbonyl (C=O) groups excluding carboxylic acids is 1. The highest BCUT2D eigenvalue weighted by Gasteiger charge is 2.13. The van der Waals surface area contributed by atoms with Gasteiger partial charge in [-0.15, -0.1) is 0 Å². The fourth-order valence-electron chi connectivity index (χ4n) is 1.28. The maximum absolute atomic E-state index is 12.6. The van der Waals surface area contributed by atoms with Gasteiger partial charge in [-0.1, -0.05) is 6.92 Å². The molecule has 0 aromatic heterocycles. The summed E-state index contributed by atoms with van der Waals surface area (Å²) in [5.41, 5.74) is 5.91. The van der Waals surface area contributed by atoms with E-state index in [0.717, 1.165) is 0 Å². The summed E-state index contributed by atoms with van der Waals surface area (Å²) in [6.07, 6.45) is 0.663. The second-order valence-corrected chi connectivity index (χ2v) is 3.35. The summed E-state index contributed by atoms with van der Waals surface area (Å²) in [4.78, 5) is 11.7. The van der Waals surface area contributed by atoms with Crippen molar-refractivity contribution in [1.82, 2.24) is 0 Å². The number of rotatable bonds is 4. The van der Waals surface area contributed by atoms with Crippen molar-refractivity contribution in [2.24, 2.45) is 11.7 Å². The van der Waals surface area contributed by atoms with Crippen molar-refractivity contribution < 1.29 is 9.18 Å². The summed E-state index contributed by atoms with van der Waals surface area (Å²) in [5.74, 6) is -0.395. The highest BCUT2D eigenvalue weighted by molar-refractivity contribution is 5.97. The van der Waals surface area contributed by atoms with Crippen LogP contribution in [-0.4, -0.2) is 12.3 Å². The number of hydrogen-bond donors (Lipinski definition) is 1. The molecule has 0 fully saturated rings. The normalized spacial score (nSPS) is 12.5. The molecule has 1 aromatic rings. The molecule has 0 saturated carbocycles. The second-order valence-electron chi connectivity index (χ2n) is 3.35. The van der Waals surface area contributed by atoms with E-state index < -0.39 is 0 Å². The Kier molecular flexibility index (Phi) is 3.77. The van der Waals surface area contributed by atoms with Gasteiger partial charge in [0, 0.05) is 11.5 Å². The van der Waals surface area contributed by atoms with Crippen LogP contribution in [0.3, 0.4) is 0 Å². The number of halogens is 1. The van der Waals surface area contributed by atoms with Crippen LogP contribution in [-0.2, 0) is 0 Å². The van der Waals surface area contributed by atoms with Crippen molar-refractivity contribution in [3.8, 4) is 0 Å². The van der Waals surface area contributed by atoms with Crippen molar-refractivity contribution in [2.75, 3.05) is 6.54 Å². The van der Waals surface area contributed by atoms with E-state index in [4.69, 9.17) is 5.73 Å². The van der Waals surface area contributed by atoms with E-state index in [-0.39, 0.29) is 17.5 Å². The summed E-state index contributed by atoms with van der Waals surface area (Å²) in [5, 5.41) is 0. The molecule has 0 amide bonds. The van der Waals surface area contributed by atoms with E-state index in [2.05, 4.69) is 0 Å². The predicted octanol–water partition coefficient (Wildman–Crippen LogP) is 1.99. The fourth-order valence-corrected chi connectivity index (χ4v) is 1.28. The topological polar surface area (TPSA) is 43.1 Å². The van der Waals surface area contributed by atoms with Crippen LogP contribution in [0.4, 0.5) is 4.39 Å². The zero-order chi connectivity index (χ0) is 10.6. The molecule has 76 valence electrons. The molecule has 14 heavy (non-hydrogen) atoms. The van der Waals surface area contributed by atoms with E-state index in [1.54, 1.807) is 0 Å². The van der Waals surface area contributed by atoms with Gasteiger partial charge in [-0.25, -0.2) is 4.39 Å². The lowest BCUT2D eigenvalue weighted by molar-refractivity contribution is 0.0925. The maximum atomic E-state index is 12.6. The van der Waals surface area contributed by atoms with E-state index in [0.29, 0.717) is 18.5 Å². The summed E-state index contributed by atoms with van der Waals surface area (Å²) >= 11 is 0. The van der Waals surface area contributed by atoms with Crippen LogP contribution >= 0.6 is 0 Å². The molecule has 0 aliphatic carbocycles. The number of nitrogens with two attached hydrogens (primary N) is 1. The Labute approximate surface area is 82.9 Å². The largest absolute Gasteiger partial charge is 0.330 e. The zero-order valence-corrected chi connectivity index (χ0v) is 8.16. The van der Waals surface area contributed by atoms with Crippen molar-refractivity contribution in [3.63, 3.8) is 0 Å². The molecule has 0 bridgehead atoms. The highest BCUT2D eigenvalue weighted by atomic mass is 19.1. The van der Waals surface area contributed by atoms with E-state index >= 15 is 0 Å². The first kappa shape index (κ1) is 10.9. The summed E-state index contributed by atoms with van der Waals surface area (Å²) in [7, 11) is 0. The third-order valence-electron chi connectivity index (χ3n) is 2.18. The number of Topliss-reactive ketones (excluding diaryl/α,β-unsaturated/α-hetero) is 1. The van der Waals surface area contributed by atoms with Crippen LogP contribution in [0.5, 0.6) is 0 Å². The van der Waals surface area contributed by atoms with E-state index in [1.807, 2.05) is 6.92 Å². The van der Waals surface area contributed by atoms with Gasteiger partial charge in [-0.05, 0) is 37.2 Å². The predicted molar refractivity (Wildman–Crippen MR) is 53.6 cm³/mol. The van der Waals surface area contributed by atoms with Crippen LogP contribution in [0.15, 0.2) is 24.3 Å². The van der Waals surface area contributed by atoms with Gasteiger partial charge < -0.3 is 5.73 Å². The molecule has 0 saturated heterocycles. The average molecular weight is 195 g/mol. The lowest BCUT2D eigenvalue weighted by Gasteiger charge is -2.08. The van der Waals surface area contributed by atoms with Crippen LogP contribution in [0.2, 0.25) is 0 Å². The minimum atomic E-state index is -0.326. The fraction of sp³-hybridized carbons (Fsp3) is 0.364. The molecule has 0 heterocycles. The Morgan fingerprint density at radius 3 is 2.50 bits per heavy atom. The Hall–Kier alpha value is -1.22. The first-order valence-electron chi connectivity index (χ1n) is 4.65. The first-order valence-corrected chi connectivity index (χ1v) is 4.65. The average Bonchev–Trinajstić information content (AvgIpc) is 2.18. The molecular weight excluding hydrogens is 181 g/mol. The molecule has 1 unspecified atom stereocenters. The molecule has 2 N–H and O–H groups in total. The van der Waals surface area contributed by atoms with Crippen LogP contribution in [0, 0.1) is 11.7 Å². The number of benzene rings is 1. The minimum Gasteiger partial charge on any atom is -0.330 e. The van der Waals surface area contributed by atoms with Gasteiger partial charge >= 0.3 is 0 Å². The Bertz CT molecular complexity index is 308. The molecule has 3 heteroatoms. The van der Waals surface area contributed by atoms with Crippen LogP contribution in [0.25, 0.3) is 0 Å². The van der Waals surface area contributed by atoms with E-state index in [9.17, 15) is 9.18 Å². The molecular formula is C11H14FNO. The molecule has 0 spiro atoms. The second kappa shape index (κ2) is 4.86. The Morgan fingerprint density at radius 1 is 1.43 bits per heavy atom. The Balaban J connectivity index is 2.74. The zero-order valence-electron chi connectivity index (χ0n) is 8.16. The van der Waals surface area contributed by atoms with Crippen molar-refractivity contribution in [1.29, 1.82) is 0 Å². The SMILES string of the molecule is CC(CCN)C(=O)c1ccc(F)cc1. The minimum absolute atomic E-state index is 0.0236. The van der Waals surface area contributed by atoms with Crippen molar-refractivity contribution in [2.45, 2.75) is 13.3 Å². The van der Waals surface area contributed by atoms with Crippen molar-refractivity contribution >= 4 is 5.78 Å². The molecule has 2 nitrogen and oxygen atoms in total. The standard InChI is InChI=1S/C11H14FNO/c1-8(6-7-13)11(14)9-2-4-10(12)5-3-9/h2-5,8H,6-7,13H2,1H3. The summed E-state index contributed by atoms with van der Waals surface area (Å²) in [6.45, 7) is 2.33. The van der Waals surface area contributed by atoms with Gasteiger partial charge in [-0.2, -0.15) is 0 Å². The monoisotopic (exact) mass is 195 g/mol. The third kappa shape index (κ3) is 2.64. The van der Waals surface area contributed by atoms with Gasteiger partial charge in [0.2, 0.25) is 0 Å². The van der Waals surface area contributed by atoms with Gasteiger partial charge in [0.15, 0.2) is 5.78 Å². The van der Waals surface area contributed by atoms with Gasteiger partial charge in [0.25, 0.3) is 0 Å². The number of hydrogen-bond acceptors (Lipinski definition) is 2. The lowest BCUT2D eigenvalue weighted by atomic mass is 9.96. The van der Waals surface area contributed by atoms with Gasteiger partial charge in [0.1, 0.15) is 5.82 Å². The van der Waals surface area contributed by atoms with Crippen molar-refractivity contribution in [3.05, 3.63) is 35.6 Å². The lowest BCUT2D eigenvalue weighted by Crippen LogP contribution is -2.15. The number of ketones is 1. The molecule has 0 aliphatic heterocycles. The molecule has 1 atom stereocenters. The number of carbonyl (C=O) groups is 1. The summed E-state index contributed by atoms with van der Waals surface area (Å²) in [6, 6.07) is 5.60. The smallest absolute Gasteiger partial charge is 0.165 e. The molecule has 1 aromatic carbocycles. The third-order valence-corrected chi connectivity index (χ3v) is 2.18. The van der Waals surface area contributed by atoms with Crippen LogP contribution < -0.4 is 5.73 Å². The molecule has 0 aliphatic rings. The van der Waals surface area contributed by atoms with Gasteiger partial charge in [0.05, 0.1) is 0 Å². The quantitative estimate of drug-likeness (QED) is 0.746. The molecule has 1 rings (SSSR count). The Morgan fingerprint density at radius 2 is 2.00 bits per heavy atom. The molecule has 0 radical (unpaired) electrons. The highest BCUT2D eigenvalue weighted by Crippen LogP contribution is 2.11. The maximum Gasteiger partial charge on any atom is 0.165 e. The van der Waals surface area contributed by atoms with E-state index in [1.165, 1.54) is 24.3 Å². The van der Waals surface area contributed by atoms with Crippen LogP contribution in [0.1, 0.15) is 23.7 Å². The first-order chi connectivity index (χ1) is 6.65. The summed E-state index contributed by atoms with van der Waals surface area (Å²) < 4.78 is 12.6.